The number of rotatable bonds is 10. The molecular formula is C33H46N2O8Si. The highest BCUT2D eigenvalue weighted by atomic mass is 28.4. The molecule has 1 aromatic heterocycles. The number of ether oxygens (including phenoxy) is 2. The quantitative estimate of drug-likeness (QED) is 0.124. The number of aliphatic hydroxyl groups is 1. The van der Waals surface area contributed by atoms with Gasteiger partial charge in [-0.15, -0.1) is 0 Å². The second-order valence-electron chi connectivity index (χ2n) is 13.7. The van der Waals surface area contributed by atoms with E-state index in [1.54, 1.807) is 39.0 Å². The van der Waals surface area contributed by atoms with Crippen LogP contribution in [0.3, 0.4) is 0 Å². The molecule has 0 saturated carbocycles. The summed E-state index contributed by atoms with van der Waals surface area (Å²) in [6.45, 7) is 17.4. The molecule has 2 atom stereocenters. The van der Waals surface area contributed by atoms with Crippen LogP contribution >= 0.6 is 0 Å². The minimum Gasteiger partial charge on any atom is -0.465 e. The number of nitrogens with one attached hydrogen (secondary N) is 1. The Balaban J connectivity index is 2.10. The third-order valence-corrected chi connectivity index (χ3v) is 12.4. The molecule has 1 heterocycles. The van der Waals surface area contributed by atoms with Crippen molar-refractivity contribution in [3.05, 3.63) is 75.6 Å². The number of nitrogens with zero attached hydrogens (tertiary/aromatic N) is 1. The van der Waals surface area contributed by atoms with E-state index < -0.39 is 43.9 Å². The largest absolute Gasteiger partial charge is 0.514 e. The first-order valence-electron chi connectivity index (χ1n) is 14.7. The van der Waals surface area contributed by atoms with Crippen molar-refractivity contribution in [3.8, 4) is 5.75 Å². The van der Waals surface area contributed by atoms with Crippen LogP contribution in [0.5, 0.6) is 5.75 Å². The zero-order valence-electron chi connectivity index (χ0n) is 27.2. The first kappa shape index (κ1) is 34.8. The molecule has 44 heavy (non-hydrogen) atoms. The van der Waals surface area contributed by atoms with Gasteiger partial charge in [-0.2, -0.15) is 0 Å². The third-order valence-electron chi connectivity index (χ3n) is 7.91. The highest BCUT2D eigenvalue weighted by Gasteiger charge is 2.41. The van der Waals surface area contributed by atoms with Crippen LogP contribution < -0.4 is 10.3 Å². The summed E-state index contributed by atoms with van der Waals surface area (Å²) in [7, 11) is -2.46. The van der Waals surface area contributed by atoms with E-state index in [9.17, 15) is 24.6 Å². The lowest BCUT2D eigenvalue weighted by atomic mass is 10.0. The predicted molar refractivity (Wildman–Crippen MR) is 173 cm³/mol. The van der Waals surface area contributed by atoms with Gasteiger partial charge in [0, 0.05) is 17.5 Å². The summed E-state index contributed by atoms with van der Waals surface area (Å²) in [4.78, 5) is 41.8. The van der Waals surface area contributed by atoms with Crippen LogP contribution in [0.2, 0.25) is 18.1 Å². The second-order valence-corrected chi connectivity index (χ2v) is 18.4. The van der Waals surface area contributed by atoms with E-state index in [0.717, 1.165) is 11.1 Å². The van der Waals surface area contributed by atoms with Gasteiger partial charge in [0.15, 0.2) is 14.1 Å². The zero-order valence-corrected chi connectivity index (χ0v) is 28.2. The van der Waals surface area contributed by atoms with Crippen molar-refractivity contribution in [2.24, 2.45) is 0 Å². The molecule has 0 aliphatic rings. The number of carbonyl (C=O) groups is 2. The lowest BCUT2D eigenvalue weighted by Gasteiger charge is -2.41. The van der Waals surface area contributed by atoms with E-state index in [1.807, 2.05) is 31.2 Å². The van der Waals surface area contributed by atoms with E-state index in [0.29, 0.717) is 17.4 Å². The molecule has 0 aliphatic heterocycles. The van der Waals surface area contributed by atoms with E-state index in [4.69, 9.17) is 13.9 Å². The summed E-state index contributed by atoms with van der Waals surface area (Å²) >= 11 is 0. The number of aromatic amines is 1. The molecule has 0 radical (unpaired) electrons. The zero-order chi connectivity index (χ0) is 33.0. The first-order chi connectivity index (χ1) is 20.3. The Morgan fingerprint density at radius 1 is 1.00 bits per heavy atom. The van der Waals surface area contributed by atoms with Crippen molar-refractivity contribution < 1.29 is 33.7 Å². The fourth-order valence-corrected chi connectivity index (χ4v) is 5.90. The van der Waals surface area contributed by atoms with Crippen molar-refractivity contribution in [3.63, 3.8) is 0 Å². The molecule has 10 nitrogen and oxygen atoms in total. The van der Waals surface area contributed by atoms with Gasteiger partial charge in [0.25, 0.3) is 0 Å². The molecule has 11 heteroatoms. The SMILES string of the molecule is C[C@H](Cc1cccc(CO)c1)N(C[C@H](O[Si](C)(C)C(C)(C)C)c1ccc(OC(=O)OC(C)(C)C)c2[nH]c(=O)ccc12)C(=O)O. The minimum absolute atomic E-state index is 0.0171. The summed E-state index contributed by atoms with van der Waals surface area (Å²) in [5, 5.41) is 20.3. The lowest BCUT2D eigenvalue weighted by molar-refractivity contribution is 0.0208. The number of aromatic nitrogens is 1. The van der Waals surface area contributed by atoms with Crippen LogP contribution in [0.15, 0.2) is 53.3 Å². The molecule has 240 valence electrons. The molecule has 3 rings (SSSR count). The number of carbonyl (C=O) groups excluding carboxylic acids is 1. The number of fused-ring (bicyclic) bond motifs is 1. The summed E-state index contributed by atoms with van der Waals surface area (Å²) in [5.74, 6) is 0.106. The predicted octanol–water partition coefficient (Wildman–Crippen LogP) is 7.01. The number of hydrogen-bond acceptors (Lipinski definition) is 7. The van der Waals surface area contributed by atoms with Crippen LogP contribution in [-0.2, 0) is 22.2 Å². The highest BCUT2D eigenvalue weighted by molar-refractivity contribution is 6.74. The number of hydrogen-bond donors (Lipinski definition) is 3. The van der Waals surface area contributed by atoms with E-state index >= 15 is 0 Å². The Morgan fingerprint density at radius 3 is 2.25 bits per heavy atom. The number of amides is 1. The van der Waals surface area contributed by atoms with Gasteiger partial charge in [-0.1, -0.05) is 51.1 Å². The molecule has 3 aromatic rings. The molecule has 0 saturated heterocycles. The van der Waals surface area contributed by atoms with Crippen LogP contribution in [0.25, 0.3) is 10.9 Å². The minimum atomic E-state index is -2.46. The molecular weight excluding hydrogens is 580 g/mol. The smallest absolute Gasteiger partial charge is 0.465 e. The molecule has 0 aliphatic carbocycles. The number of H-pyrrole nitrogens is 1. The Bertz CT molecular complexity index is 1540. The fraction of sp³-hybridized carbons (Fsp3) is 0.485. The van der Waals surface area contributed by atoms with Gasteiger partial charge < -0.3 is 34.0 Å². The van der Waals surface area contributed by atoms with E-state index in [1.165, 1.54) is 11.0 Å². The Hall–Kier alpha value is -3.67. The topological polar surface area (TPSA) is 138 Å². The first-order valence-corrected chi connectivity index (χ1v) is 17.6. The molecule has 2 aromatic carbocycles. The fourth-order valence-electron chi connectivity index (χ4n) is 4.64. The van der Waals surface area contributed by atoms with Gasteiger partial charge in [0.05, 0.1) is 24.8 Å². The Morgan fingerprint density at radius 2 is 1.66 bits per heavy atom. The maximum absolute atomic E-state index is 12.7. The average Bonchev–Trinajstić information content (AvgIpc) is 2.89. The van der Waals surface area contributed by atoms with Crippen molar-refractivity contribution in [2.75, 3.05) is 6.54 Å². The summed E-state index contributed by atoms with van der Waals surface area (Å²) < 4.78 is 17.7. The van der Waals surface area contributed by atoms with Crippen LogP contribution in [0.4, 0.5) is 9.59 Å². The number of carboxylic acid groups (broad SMARTS) is 1. The lowest BCUT2D eigenvalue weighted by Crippen LogP contribution is -2.47. The van der Waals surface area contributed by atoms with Gasteiger partial charge in [-0.05, 0) is 81.1 Å². The highest BCUT2D eigenvalue weighted by Crippen LogP contribution is 2.42. The monoisotopic (exact) mass is 626 g/mol. The van der Waals surface area contributed by atoms with Crippen molar-refractivity contribution >= 4 is 31.5 Å². The van der Waals surface area contributed by atoms with E-state index in [2.05, 4.69) is 38.8 Å². The number of pyridine rings is 1. The Kier molecular flexibility index (Phi) is 10.7. The maximum atomic E-state index is 12.7. The molecule has 0 spiro atoms. The summed E-state index contributed by atoms with van der Waals surface area (Å²) in [5.41, 5.74) is 1.42. The normalized spacial score (nSPS) is 13.8. The second kappa shape index (κ2) is 13.5. The third kappa shape index (κ3) is 8.93. The van der Waals surface area contributed by atoms with Crippen molar-refractivity contribution in [1.29, 1.82) is 0 Å². The summed E-state index contributed by atoms with van der Waals surface area (Å²) in [6.07, 6.45) is -2.28. The molecule has 0 unspecified atom stereocenters. The van der Waals surface area contributed by atoms with E-state index in [-0.39, 0.29) is 29.5 Å². The number of aliphatic hydroxyl groups excluding tert-OH is 1. The van der Waals surface area contributed by atoms with Crippen molar-refractivity contribution in [2.45, 2.75) is 97.4 Å². The average molecular weight is 627 g/mol. The van der Waals surface area contributed by atoms with Gasteiger partial charge in [0.2, 0.25) is 5.56 Å². The van der Waals surface area contributed by atoms with Gasteiger partial charge >= 0.3 is 12.2 Å². The molecule has 0 bridgehead atoms. The molecule has 3 N–H and O–H groups in total. The van der Waals surface area contributed by atoms with Crippen LogP contribution in [0.1, 0.15) is 71.3 Å². The van der Waals surface area contributed by atoms with Gasteiger partial charge in [0.1, 0.15) is 5.60 Å². The van der Waals surface area contributed by atoms with Gasteiger partial charge in [-0.25, -0.2) is 9.59 Å². The Labute approximate surface area is 260 Å². The number of benzene rings is 2. The van der Waals surface area contributed by atoms with Gasteiger partial charge in [-0.3, -0.25) is 4.79 Å². The maximum Gasteiger partial charge on any atom is 0.514 e. The molecule has 1 amide bonds. The van der Waals surface area contributed by atoms with Crippen LogP contribution in [0, 0.1) is 0 Å². The van der Waals surface area contributed by atoms with Crippen molar-refractivity contribution in [1.82, 2.24) is 9.88 Å². The molecule has 0 fully saturated rings. The summed E-state index contributed by atoms with van der Waals surface area (Å²) in [6, 6.07) is 13.3. The van der Waals surface area contributed by atoms with Crippen LogP contribution in [-0.4, -0.2) is 58.9 Å². The standard InChI is InChI=1S/C33H46N2O8Si/c1-21(17-22-11-10-12-23(18-22)20-36)35(30(38)39)19-27(43-44(8,9)33(5,6)7)24-13-15-26(41-31(40)42-32(2,3)4)29-25(24)14-16-28(37)34-29/h10-16,18,21,27,36H,17,19-20H2,1-9H3,(H,34,37)(H,38,39)/t21-,27+/m1/s1.